The van der Waals surface area contributed by atoms with Crippen molar-refractivity contribution in [3.05, 3.63) is 0 Å². The van der Waals surface area contributed by atoms with Crippen LogP contribution in [0.1, 0.15) is 13.8 Å². The fourth-order valence-electron chi connectivity index (χ4n) is 0.984. The molecule has 3 heteroatoms. The van der Waals surface area contributed by atoms with Crippen LogP contribution < -0.4 is 0 Å². The maximum absolute atomic E-state index is 5.53. The van der Waals surface area contributed by atoms with Crippen molar-refractivity contribution in [3.63, 3.8) is 0 Å². The molecule has 10 heavy (non-hydrogen) atoms. The third-order valence-electron chi connectivity index (χ3n) is 2.04. The van der Waals surface area contributed by atoms with E-state index in [1.807, 2.05) is 0 Å². The molecular weight excluding hydrogens is 125 g/mol. The van der Waals surface area contributed by atoms with E-state index in [9.17, 15) is 0 Å². The lowest BCUT2D eigenvalue weighted by atomic mass is 9.56. The lowest BCUT2D eigenvalue weighted by Gasteiger charge is -2.30. The largest absolute Gasteiger partial charge is 0.532 e. The van der Waals surface area contributed by atoms with Gasteiger partial charge in [-0.1, -0.05) is 21.1 Å². The van der Waals surface area contributed by atoms with E-state index < -0.39 is 6.48 Å². The summed E-state index contributed by atoms with van der Waals surface area (Å²) in [6.45, 7) is 4.47. The highest BCUT2D eigenvalue weighted by atomic mass is 16.5. The molecule has 0 unspecified atom stereocenters. The van der Waals surface area contributed by atoms with Gasteiger partial charge in [0.05, 0.1) is 13.3 Å². The smallest absolute Gasteiger partial charge is 0.394 e. The van der Waals surface area contributed by atoms with E-state index in [0.29, 0.717) is 0 Å². The maximum Gasteiger partial charge on any atom is 0.394 e. The SMILES string of the molecule is C.C[N+]1=CCCO[B-]1(C)C. The maximum atomic E-state index is 5.53. The van der Waals surface area contributed by atoms with Crippen molar-refractivity contribution in [2.24, 2.45) is 0 Å². The van der Waals surface area contributed by atoms with E-state index in [1.54, 1.807) is 0 Å². The average molecular weight is 143 g/mol. The highest BCUT2D eigenvalue weighted by Gasteiger charge is 2.27. The molecule has 1 rings (SSSR count). The Bertz CT molecular complexity index is 143. The minimum absolute atomic E-state index is 0. The van der Waals surface area contributed by atoms with Gasteiger partial charge in [-0.15, -0.1) is 0 Å². The van der Waals surface area contributed by atoms with Crippen molar-refractivity contribution >= 4 is 12.7 Å². The first-order chi connectivity index (χ1) is 4.13. The Morgan fingerprint density at radius 2 is 2.10 bits per heavy atom. The van der Waals surface area contributed by atoms with Crippen LogP contribution in [0.2, 0.25) is 13.6 Å². The molecule has 0 radical (unpaired) electrons. The first-order valence-electron chi connectivity index (χ1n) is 3.55. The summed E-state index contributed by atoms with van der Waals surface area (Å²) in [7, 11) is 2.07. The number of hydrogen-bond donors (Lipinski definition) is 0. The Balaban J connectivity index is 0.000000810. The first kappa shape index (κ1) is 9.69. The van der Waals surface area contributed by atoms with Crippen LogP contribution in [0, 0.1) is 0 Å². The predicted molar refractivity (Wildman–Crippen MR) is 47.0 cm³/mol. The van der Waals surface area contributed by atoms with E-state index in [2.05, 4.69) is 31.4 Å². The minimum atomic E-state index is -0.684. The highest BCUT2D eigenvalue weighted by molar-refractivity contribution is 6.63. The van der Waals surface area contributed by atoms with Gasteiger partial charge >= 0.3 is 6.48 Å². The molecule has 0 saturated heterocycles. The zero-order valence-corrected chi connectivity index (χ0v) is 6.42. The van der Waals surface area contributed by atoms with E-state index in [1.165, 1.54) is 0 Å². The Labute approximate surface area is 63.9 Å². The van der Waals surface area contributed by atoms with Gasteiger partial charge in [0, 0.05) is 13.0 Å². The third-order valence-corrected chi connectivity index (χ3v) is 2.04. The topological polar surface area (TPSA) is 12.2 Å². The Morgan fingerprint density at radius 1 is 1.50 bits per heavy atom. The molecule has 0 aromatic carbocycles. The molecule has 0 N–H and O–H groups in total. The van der Waals surface area contributed by atoms with Gasteiger partial charge in [0.25, 0.3) is 0 Å². The molecule has 1 aliphatic heterocycles. The summed E-state index contributed by atoms with van der Waals surface area (Å²) in [6.07, 6.45) is 3.26. The van der Waals surface area contributed by atoms with Gasteiger partial charge in [-0.2, -0.15) is 0 Å². The van der Waals surface area contributed by atoms with Crippen LogP contribution in [-0.2, 0) is 4.65 Å². The van der Waals surface area contributed by atoms with Gasteiger partial charge in [0.15, 0.2) is 0 Å². The van der Waals surface area contributed by atoms with Crippen molar-refractivity contribution in [2.45, 2.75) is 27.5 Å². The average Bonchev–Trinajstić information content (AvgIpc) is 1.77. The number of hydrogen-bond acceptors (Lipinski definition) is 1. The summed E-state index contributed by atoms with van der Waals surface area (Å²) < 4.78 is 7.70. The Hall–Kier alpha value is -0.305. The molecule has 0 atom stereocenters. The Morgan fingerprint density at radius 3 is 2.40 bits per heavy atom. The molecule has 2 nitrogen and oxygen atoms in total. The fraction of sp³-hybridized carbons (Fsp3) is 0.857. The predicted octanol–water partition coefficient (Wildman–Crippen LogP) is 1.46. The molecular formula is C7H18BNO. The van der Waals surface area contributed by atoms with Crippen molar-refractivity contribution in [1.29, 1.82) is 0 Å². The highest BCUT2D eigenvalue weighted by Crippen LogP contribution is 2.07. The Kier molecular flexibility index (Phi) is 3.10. The number of rotatable bonds is 0. The van der Waals surface area contributed by atoms with Gasteiger partial charge in [-0.25, -0.2) is 0 Å². The zero-order valence-electron chi connectivity index (χ0n) is 6.42. The van der Waals surface area contributed by atoms with Crippen LogP contribution in [0.5, 0.6) is 0 Å². The zero-order chi connectivity index (χ0) is 6.91. The van der Waals surface area contributed by atoms with E-state index in [-0.39, 0.29) is 7.43 Å². The fourth-order valence-corrected chi connectivity index (χ4v) is 0.984. The van der Waals surface area contributed by atoms with Crippen LogP contribution in [0.3, 0.4) is 0 Å². The molecule has 1 heterocycles. The van der Waals surface area contributed by atoms with Gasteiger partial charge in [0.1, 0.15) is 0 Å². The molecule has 0 spiro atoms. The van der Waals surface area contributed by atoms with Crippen LogP contribution in [0.25, 0.3) is 0 Å². The third kappa shape index (κ3) is 1.84. The van der Waals surface area contributed by atoms with Crippen molar-refractivity contribution in [1.82, 2.24) is 0 Å². The van der Waals surface area contributed by atoms with Crippen molar-refractivity contribution < 1.29 is 9.14 Å². The minimum Gasteiger partial charge on any atom is -0.532 e. The van der Waals surface area contributed by atoms with Crippen LogP contribution in [0.4, 0.5) is 0 Å². The van der Waals surface area contributed by atoms with Crippen molar-refractivity contribution in [3.8, 4) is 0 Å². The molecule has 0 saturated carbocycles. The quantitative estimate of drug-likeness (QED) is 0.467. The summed E-state index contributed by atoms with van der Waals surface area (Å²) in [5.74, 6) is 0. The molecule has 0 aliphatic carbocycles. The van der Waals surface area contributed by atoms with E-state index in [0.717, 1.165) is 13.0 Å². The molecule has 1 aliphatic rings. The molecule has 60 valence electrons. The van der Waals surface area contributed by atoms with E-state index in [4.69, 9.17) is 4.65 Å². The normalized spacial score (nSPS) is 22.9. The molecule has 0 fully saturated rings. The molecule has 0 aromatic heterocycles. The summed E-state index contributed by atoms with van der Waals surface area (Å²) in [6, 6.07) is 0. The number of nitrogens with zero attached hydrogens (tertiary/aromatic N) is 1. The van der Waals surface area contributed by atoms with Crippen LogP contribution in [0.15, 0.2) is 0 Å². The van der Waals surface area contributed by atoms with Gasteiger partial charge in [-0.05, 0) is 0 Å². The summed E-state index contributed by atoms with van der Waals surface area (Å²) in [5, 5.41) is 0. The lowest BCUT2D eigenvalue weighted by molar-refractivity contribution is -0.383. The summed E-state index contributed by atoms with van der Waals surface area (Å²) in [4.78, 5) is 0. The summed E-state index contributed by atoms with van der Waals surface area (Å²) >= 11 is 0. The molecule has 0 bridgehead atoms. The second kappa shape index (κ2) is 3.19. The van der Waals surface area contributed by atoms with Crippen molar-refractivity contribution in [2.75, 3.05) is 13.7 Å². The summed E-state index contributed by atoms with van der Waals surface area (Å²) in [5.41, 5.74) is 0. The monoisotopic (exact) mass is 143 g/mol. The molecule has 0 aromatic rings. The van der Waals surface area contributed by atoms with Gasteiger partial charge in [-0.3, -0.25) is 0 Å². The van der Waals surface area contributed by atoms with Crippen LogP contribution >= 0.6 is 0 Å². The second-order valence-electron chi connectivity index (χ2n) is 3.18. The van der Waals surface area contributed by atoms with Gasteiger partial charge in [0.2, 0.25) is 0 Å². The first-order valence-corrected chi connectivity index (χ1v) is 3.55. The second-order valence-corrected chi connectivity index (χ2v) is 3.18. The van der Waals surface area contributed by atoms with Crippen LogP contribution in [-0.4, -0.2) is 30.8 Å². The van der Waals surface area contributed by atoms with E-state index >= 15 is 0 Å². The standard InChI is InChI=1S/C6H14BNO.CH4/c1-7(2)8(3)5-4-6-9-7;/h5H,4,6H2,1-3H3;1H4. The van der Waals surface area contributed by atoms with Gasteiger partial charge < -0.3 is 9.14 Å². The lowest BCUT2D eigenvalue weighted by Crippen LogP contribution is -2.46. The molecule has 0 amide bonds.